The van der Waals surface area contributed by atoms with E-state index in [1.54, 1.807) is 31.4 Å². The number of rotatable bonds is 5. The highest BCUT2D eigenvalue weighted by atomic mass is 19.1. The van der Waals surface area contributed by atoms with Gasteiger partial charge in [0.05, 0.1) is 11.2 Å². The molecular formula is C24H30FN3O5. The van der Waals surface area contributed by atoms with Gasteiger partial charge in [0.1, 0.15) is 17.0 Å². The van der Waals surface area contributed by atoms with Crippen LogP contribution in [0, 0.1) is 11.7 Å². The van der Waals surface area contributed by atoms with Crippen LogP contribution in [0.15, 0.2) is 23.1 Å². The number of hydrogen-bond donors (Lipinski definition) is 2. The van der Waals surface area contributed by atoms with Gasteiger partial charge < -0.3 is 24.6 Å². The van der Waals surface area contributed by atoms with Crippen LogP contribution in [-0.4, -0.2) is 46.5 Å². The summed E-state index contributed by atoms with van der Waals surface area (Å²) >= 11 is 0. The molecule has 2 atom stereocenters. The molecule has 0 bridgehead atoms. The summed E-state index contributed by atoms with van der Waals surface area (Å²) in [5.41, 5.74) is -0.671. The molecule has 1 saturated carbocycles. The Hall–Kier alpha value is -3.10. The third kappa shape index (κ3) is 4.82. The van der Waals surface area contributed by atoms with Crippen molar-refractivity contribution in [3.05, 3.63) is 39.9 Å². The van der Waals surface area contributed by atoms with Crippen LogP contribution < -0.4 is 15.6 Å². The van der Waals surface area contributed by atoms with Gasteiger partial charge in [0.25, 0.3) is 0 Å². The molecule has 0 unspecified atom stereocenters. The van der Waals surface area contributed by atoms with Gasteiger partial charge in [-0.3, -0.25) is 4.79 Å². The number of carbonyl (C=O) groups is 2. The predicted octanol–water partition coefficient (Wildman–Crippen LogP) is 3.91. The first kappa shape index (κ1) is 23.1. The Bertz CT molecular complexity index is 1170. The molecule has 2 N–H and O–H groups in total. The minimum Gasteiger partial charge on any atom is -0.477 e. The monoisotopic (exact) mass is 459 g/mol. The van der Waals surface area contributed by atoms with E-state index in [2.05, 4.69) is 5.32 Å². The zero-order valence-electron chi connectivity index (χ0n) is 19.4. The van der Waals surface area contributed by atoms with Crippen LogP contribution in [0.3, 0.4) is 0 Å². The van der Waals surface area contributed by atoms with Crippen molar-refractivity contribution >= 4 is 28.7 Å². The minimum absolute atomic E-state index is 0.0822. The smallest absolute Gasteiger partial charge is 0.407 e. The SMILES string of the molecule is C[C@H](NC(=O)OC(C)(C)C)[C@H]1CCN(c2cc3c(cc2F)c(=O)c(C(=O)O)cn3C2CC2)C1. The van der Waals surface area contributed by atoms with Crippen LogP contribution >= 0.6 is 0 Å². The van der Waals surface area contributed by atoms with E-state index in [-0.39, 0.29) is 29.0 Å². The number of anilines is 1. The summed E-state index contributed by atoms with van der Waals surface area (Å²) in [6.07, 6.45) is 3.45. The molecule has 1 saturated heterocycles. The minimum atomic E-state index is -1.31. The number of nitrogens with zero attached hydrogens (tertiary/aromatic N) is 2. The number of aromatic carboxylic acids is 1. The van der Waals surface area contributed by atoms with Crippen molar-refractivity contribution in [2.75, 3.05) is 18.0 Å². The lowest BCUT2D eigenvalue weighted by Gasteiger charge is -2.25. The lowest BCUT2D eigenvalue weighted by molar-refractivity contribution is 0.0494. The first-order valence-electron chi connectivity index (χ1n) is 11.3. The Labute approximate surface area is 191 Å². The van der Waals surface area contributed by atoms with Crippen LogP contribution in [0.5, 0.6) is 0 Å². The van der Waals surface area contributed by atoms with Crippen molar-refractivity contribution in [2.24, 2.45) is 5.92 Å². The second kappa shape index (κ2) is 8.35. The lowest BCUT2D eigenvalue weighted by Crippen LogP contribution is -2.42. The Morgan fingerprint density at radius 2 is 1.94 bits per heavy atom. The second-order valence-corrected chi connectivity index (χ2v) is 10.1. The van der Waals surface area contributed by atoms with E-state index in [4.69, 9.17) is 4.74 Å². The summed E-state index contributed by atoms with van der Waals surface area (Å²) in [5, 5.41) is 12.4. The molecule has 1 aliphatic carbocycles. The van der Waals surface area contributed by atoms with E-state index in [9.17, 15) is 19.5 Å². The number of ether oxygens (including phenoxy) is 1. The quantitative estimate of drug-likeness (QED) is 0.703. The molecule has 9 heteroatoms. The van der Waals surface area contributed by atoms with Crippen LogP contribution in [0.1, 0.15) is 63.4 Å². The van der Waals surface area contributed by atoms with Gasteiger partial charge >= 0.3 is 12.1 Å². The lowest BCUT2D eigenvalue weighted by atomic mass is 10.0. The largest absolute Gasteiger partial charge is 0.477 e. The predicted molar refractivity (Wildman–Crippen MR) is 123 cm³/mol. The van der Waals surface area contributed by atoms with Crippen molar-refractivity contribution < 1.29 is 23.8 Å². The molecule has 8 nitrogen and oxygen atoms in total. The van der Waals surface area contributed by atoms with Crippen molar-refractivity contribution in [3.63, 3.8) is 0 Å². The summed E-state index contributed by atoms with van der Waals surface area (Å²) in [6, 6.07) is 2.78. The first-order valence-corrected chi connectivity index (χ1v) is 11.3. The number of pyridine rings is 1. The Balaban J connectivity index is 1.59. The molecule has 4 rings (SSSR count). The highest BCUT2D eigenvalue weighted by molar-refractivity contribution is 5.93. The number of carboxylic acid groups (broad SMARTS) is 1. The van der Waals surface area contributed by atoms with Gasteiger partial charge in [0.15, 0.2) is 0 Å². The molecule has 2 heterocycles. The van der Waals surface area contributed by atoms with E-state index < -0.39 is 28.9 Å². The number of benzene rings is 1. The third-order valence-electron chi connectivity index (χ3n) is 6.29. The normalized spacial score (nSPS) is 19.5. The number of halogens is 1. The number of aromatic nitrogens is 1. The Morgan fingerprint density at radius 3 is 2.55 bits per heavy atom. The number of nitrogens with one attached hydrogen (secondary N) is 1. The molecule has 178 valence electrons. The molecule has 2 aliphatic rings. The number of carboxylic acids is 1. The summed E-state index contributed by atoms with van der Waals surface area (Å²) in [7, 11) is 0. The van der Waals surface area contributed by atoms with E-state index in [0.717, 1.165) is 25.3 Å². The van der Waals surface area contributed by atoms with Gasteiger partial charge in [-0.2, -0.15) is 0 Å². The van der Waals surface area contributed by atoms with Gasteiger partial charge in [0.2, 0.25) is 5.43 Å². The molecule has 1 aromatic heterocycles. The molecule has 1 aliphatic heterocycles. The summed E-state index contributed by atoms with van der Waals surface area (Å²) in [6.45, 7) is 8.47. The van der Waals surface area contributed by atoms with E-state index in [1.807, 2.05) is 11.8 Å². The highest BCUT2D eigenvalue weighted by Gasteiger charge is 2.32. The molecular weight excluding hydrogens is 429 g/mol. The number of amides is 1. The average Bonchev–Trinajstić information content (AvgIpc) is 3.42. The van der Waals surface area contributed by atoms with Crippen molar-refractivity contribution in [3.8, 4) is 0 Å². The molecule has 2 fully saturated rings. The summed E-state index contributed by atoms with van der Waals surface area (Å²) in [4.78, 5) is 38.2. The number of carbonyl (C=O) groups excluding carboxylic acids is 1. The fraction of sp³-hybridized carbons (Fsp3) is 0.542. The van der Waals surface area contributed by atoms with Crippen molar-refractivity contribution in [1.29, 1.82) is 0 Å². The maximum atomic E-state index is 15.1. The molecule has 1 amide bonds. The topological polar surface area (TPSA) is 101 Å². The molecule has 1 aromatic carbocycles. The maximum absolute atomic E-state index is 15.1. The second-order valence-electron chi connectivity index (χ2n) is 10.1. The van der Waals surface area contributed by atoms with Gasteiger partial charge in [-0.15, -0.1) is 0 Å². The van der Waals surface area contributed by atoms with Crippen LogP contribution in [-0.2, 0) is 4.74 Å². The fourth-order valence-corrected chi connectivity index (χ4v) is 4.43. The third-order valence-corrected chi connectivity index (χ3v) is 6.29. The number of fused-ring (bicyclic) bond motifs is 1. The van der Waals surface area contributed by atoms with Gasteiger partial charge in [-0.05, 0) is 65.0 Å². The number of hydrogen-bond acceptors (Lipinski definition) is 5. The maximum Gasteiger partial charge on any atom is 0.407 e. The molecule has 0 spiro atoms. The molecule has 2 aromatic rings. The molecule has 0 radical (unpaired) electrons. The zero-order chi connectivity index (χ0) is 24.1. The van der Waals surface area contributed by atoms with Crippen molar-refractivity contribution in [1.82, 2.24) is 9.88 Å². The fourth-order valence-electron chi connectivity index (χ4n) is 4.43. The average molecular weight is 460 g/mol. The van der Waals surface area contributed by atoms with E-state index in [1.165, 1.54) is 6.20 Å². The van der Waals surface area contributed by atoms with Gasteiger partial charge in [-0.25, -0.2) is 14.0 Å². The van der Waals surface area contributed by atoms with E-state index in [0.29, 0.717) is 24.3 Å². The Kier molecular flexibility index (Phi) is 5.84. The van der Waals surface area contributed by atoms with Crippen molar-refractivity contribution in [2.45, 2.75) is 64.6 Å². The van der Waals surface area contributed by atoms with Crippen LogP contribution in [0.4, 0.5) is 14.9 Å². The first-order chi connectivity index (χ1) is 15.4. The number of alkyl carbamates (subject to hydrolysis) is 1. The van der Waals surface area contributed by atoms with E-state index >= 15 is 4.39 Å². The van der Waals surface area contributed by atoms with Crippen LogP contribution in [0.2, 0.25) is 0 Å². The van der Waals surface area contributed by atoms with Crippen LogP contribution in [0.25, 0.3) is 10.9 Å². The molecule has 33 heavy (non-hydrogen) atoms. The Morgan fingerprint density at radius 1 is 1.24 bits per heavy atom. The van der Waals surface area contributed by atoms with Gasteiger partial charge in [-0.1, -0.05) is 0 Å². The summed E-state index contributed by atoms with van der Waals surface area (Å²) in [5.74, 6) is -1.76. The van der Waals surface area contributed by atoms with Gasteiger partial charge in [0, 0.05) is 36.8 Å². The zero-order valence-corrected chi connectivity index (χ0v) is 19.4. The standard InChI is InChI=1S/C24H30FN3O5/c1-13(26-23(32)33-24(2,3)4)14-7-8-27(11-14)20-10-19-16(9-18(20)25)21(29)17(22(30)31)12-28(19)15-5-6-15/h9-10,12-15H,5-8,11H2,1-4H3,(H,26,32)(H,30,31)/t13-,14-/m0/s1. The summed E-state index contributed by atoms with van der Waals surface area (Å²) < 4.78 is 22.3. The highest BCUT2D eigenvalue weighted by Crippen LogP contribution is 2.38.